The van der Waals surface area contributed by atoms with Gasteiger partial charge in [-0.1, -0.05) is 62.9 Å². The number of carbonyl (C=O) groups is 1. The van der Waals surface area contributed by atoms with Crippen LogP contribution in [-0.4, -0.2) is 12.4 Å². The van der Waals surface area contributed by atoms with Gasteiger partial charge < -0.3 is 9.47 Å². The van der Waals surface area contributed by atoms with Crippen LogP contribution < -0.4 is 9.47 Å². The molecule has 0 saturated carbocycles. The first-order valence-corrected chi connectivity index (χ1v) is 9.15. The number of ether oxygens (including phenoxy) is 2. The molecule has 0 atom stereocenters. The lowest BCUT2D eigenvalue weighted by Gasteiger charge is -2.13. The molecule has 0 fully saturated rings. The first kappa shape index (κ1) is 19.0. The molecule has 25 heavy (non-hydrogen) atoms. The predicted molar refractivity (Wildman–Crippen MR) is 101 cm³/mol. The zero-order valence-electron chi connectivity index (χ0n) is 15.3. The van der Waals surface area contributed by atoms with Crippen LogP contribution in [-0.2, 0) is 6.61 Å². The van der Waals surface area contributed by atoms with E-state index in [1.54, 1.807) is 13.0 Å². The lowest BCUT2D eigenvalue weighted by atomic mass is 10.1. The van der Waals surface area contributed by atoms with E-state index in [2.05, 4.69) is 6.92 Å². The van der Waals surface area contributed by atoms with Crippen LogP contribution >= 0.6 is 0 Å². The van der Waals surface area contributed by atoms with Crippen molar-refractivity contribution in [2.75, 3.05) is 6.61 Å². The normalized spacial score (nSPS) is 10.5. The minimum absolute atomic E-state index is 0.00539. The number of benzene rings is 2. The summed E-state index contributed by atoms with van der Waals surface area (Å²) in [6.45, 7) is 4.89. The molecular formula is C22H28O3. The van der Waals surface area contributed by atoms with Gasteiger partial charge in [0.1, 0.15) is 18.1 Å². The first-order valence-electron chi connectivity index (χ1n) is 9.15. The number of unbranched alkanes of at least 4 members (excludes halogenated alkanes) is 4. The Kier molecular flexibility index (Phi) is 8.03. The Hall–Kier alpha value is -2.29. The van der Waals surface area contributed by atoms with E-state index in [-0.39, 0.29) is 5.78 Å². The van der Waals surface area contributed by atoms with Crippen LogP contribution in [0.4, 0.5) is 0 Å². The molecule has 0 unspecified atom stereocenters. The molecule has 0 saturated heterocycles. The summed E-state index contributed by atoms with van der Waals surface area (Å²) < 4.78 is 11.7. The minimum atomic E-state index is -0.00539. The van der Waals surface area contributed by atoms with Crippen LogP contribution in [0.5, 0.6) is 11.5 Å². The van der Waals surface area contributed by atoms with Crippen LogP contribution in [0.2, 0.25) is 0 Å². The van der Waals surface area contributed by atoms with Crippen molar-refractivity contribution in [3.63, 3.8) is 0 Å². The fourth-order valence-corrected chi connectivity index (χ4v) is 2.63. The van der Waals surface area contributed by atoms with Crippen LogP contribution in [0.15, 0.2) is 48.5 Å². The Bertz CT molecular complexity index is 650. The van der Waals surface area contributed by atoms with Gasteiger partial charge in [0.2, 0.25) is 0 Å². The highest BCUT2D eigenvalue weighted by Crippen LogP contribution is 2.26. The molecule has 0 N–H and O–H groups in total. The fourth-order valence-electron chi connectivity index (χ4n) is 2.63. The van der Waals surface area contributed by atoms with Gasteiger partial charge >= 0.3 is 0 Å². The maximum Gasteiger partial charge on any atom is 0.163 e. The summed E-state index contributed by atoms with van der Waals surface area (Å²) in [6, 6.07) is 15.4. The number of rotatable bonds is 11. The van der Waals surface area contributed by atoms with Gasteiger partial charge in [0.05, 0.1) is 12.2 Å². The van der Waals surface area contributed by atoms with Crippen LogP contribution in [0.3, 0.4) is 0 Å². The Morgan fingerprint density at radius 2 is 1.68 bits per heavy atom. The molecule has 0 aliphatic heterocycles. The average molecular weight is 340 g/mol. The SMILES string of the molecule is CCCCCCCOc1ccc(C(C)=O)c(OCc2ccccc2)c1. The summed E-state index contributed by atoms with van der Waals surface area (Å²) >= 11 is 0. The van der Waals surface area contributed by atoms with Crippen molar-refractivity contribution in [1.82, 2.24) is 0 Å². The van der Waals surface area contributed by atoms with Crippen molar-refractivity contribution in [3.05, 3.63) is 59.7 Å². The predicted octanol–water partition coefficient (Wildman–Crippen LogP) is 5.82. The lowest BCUT2D eigenvalue weighted by Crippen LogP contribution is -2.03. The van der Waals surface area contributed by atoms with Gasteiger partial charge in [0.15, 0.2) is 5.78 Å². The van der Waals surface area contributed by atoms with E-state index in [4.69, 9.17) is 9.47 Å². The molecule has 0 bridgehead atoms. The van der Waals surface area contributed by atoms with Crippen molar-refractivity contribution in [2.45, 2.75) is 52.6 Å². The molecule has 0 aliphatic carbocycles. The van der Waals surface area contributed by atoms with E-state index in [0.717, 1.165) is 17.7 Å². The molecular weight excluding hydrogens is 312 g/mol. The number of ketones is 1. The fraction of sp³-hybridized carbons (Fsp3) is 0.409. The Balaban J connectivity index is 1.94. The Morgan fingerprint density at radius 1 is 0.920 bits per heavy atom. The third-order valence-electron chi connectivity index (χ3n) is 4.09. The highest BCUT2D eigenvalue weighted by molar-refractivity contribution is 5.97. The van der Waals surface area contributed by atoms with Crippen molar-refractivity contribution in [1.29, 1.82) is 0 Å². The largest absolute Gasteiger partial charge is 0.493 e. The van der Waals surface area contributed by atoms with E-state index in [9.17, 15) is 4.79 Å². The van der Waals surface area contributed by atoms with Crippen molar-refractivity contribution >= 4 is 5.78 Å². The molecule has 0 aliphatic rings. The lowest BCUT2D eigenvalue weighted by molar-refractivity contribution is 0.101. The molecule has 0 spiro atoms. The number of hydrogen-bond donors (Lipinski definition) is 0. The second kappa shape index (κ2) is 10.5. The highest BCUT2D eigenvalue weighted by Gasteiger charge is 2.10. The van der Waals surface area contributed by atoms with E-state index < -0.39 is 0 Å². The molecule has 0 heterocycles. The second-order valence-corrected chi connectivity index (χ2v) is 6.25. The van der Waals surface area contributed by atoms with E-state index >= 15 is 0 Å². The summed E-state index contributed by atoms with van der Waals surface area (Å²) in [5.74, 6) is 1.33. The molecule has 134 valence electrons. The summed E-state index contributed by atoms with van der Waals surface area (Å²) in [4.78, 5) is 11.8. The molecule has 3 nitrogen and oxygen atoms in total. The summed E-state index contributed by atoms with van der Waals surface area (Å²) in [7, 11) is 0. The van der Waals surface area contributed by atoms with Crippen LogP contribution in [0.1, 0.15) is 61.9 Å². The third kappa shape index (κ3) is 6.61. The third-order valence-corrected chi connectivity index (χ3v) is 4.09. The number of Topliss-reactive ketones (excluding diaryl/α,β-unsaturated/α-hetero) is 1. The Morgan fingerprint density at radius 3 is 2.40 bits per heavy atom. The van der Waals surface area contributed by atoms with Crippen LogP contribution in [0.25, 0.3) is 0 Å². The highest BCUT2D eigenvalue weighted by atomic mass is 16.5. The van der Waals surface area contributed by atoms with E-state index in [1.807, 2.05) is 42.5 Å². The quantitative estimate of drug-likeness (QED) is 0.382. The number of carbonyl (C=O) groups excluding carboxylic acids is 1. The van der Waals surface area contributed by atoms with Crippen molar-refractivity contribution in [2.24, 2.45) is 0 Å². The summed E-state index contributed by atoms with van der Waals surface area (Å²) in [5.41, 5.74) is 1.66. The van der Waals surface area contributed by atoms with E-state index in [1.165, 1.54) is 25.7 Å². The molecule has 3 heteroatoms. The molecule has 2 aromatic carbocycles. The van der Waals surface area contributed by atoms with Crippen molar-refractivity contribution in [3.8, 4) is 11.5 Å². The van der Waals surface area contributed by atoms with Gasteiger partial charge in [-0.25, -0.2) is 0 Å². The summed E-state index contributed by atoms with van der Waals surface area (Å²) in [6.07, 6.45) is 6.03. The molecule has 2 rings (SSSR count). The van der Waals surface area contributed by atoms with Gasteiger partial charge in [0, 0.05) is 6.07 Å². The molecule has 0 radical (unpaired) electrons. The topological polar surface area (TPSA) is 35.5 Å². The van der Waals surface area contributed by atoms with Crippen molar-refractivity contribution < 1.29 is 14.3 Å². The Labute approximate surface area is 151 Å². The average Bonchev–Trinajstić information content (AvgIpc) is 2.63. The smallest absolute Gasteiger partial charge is 0.163 e. The molecule has 2 aromatic rings. The first-order chi connectivity index (χ1) is 12.2. The molecule has 0 amide bonds. The zero-order valence-corrected chi connectivity index (χ0v) is 15.3. The van der Waals surface area contributed by atoms with E-state index in [0.29, 0.717) is 24.5 Å². The maximum absolute atomic E-state index is 11.8. The van der Waals surface area contributed by atoms with Gasteiger partial charge in [0.25, 0.3) is 0 Å². The zero-order chi connectivity index (χ0) is 17.9. The van der Waals surface area contributed by atoms with Gasteiger partial charge in [-0.15, -0.1) is 0 Å². The number of hydrogen-bond acceptors (Lipinski definition) is 3. The monoisotopic (exact) mass is 340 g/mol. The standard InChI is InChI=1S/C22H28O3/c1-3-4-5-6-10-15-24-20-13-14-21(18(2)23)22(16-20)25-17-19-11-8-7-9-12-19/h7-9,11-14,16H,3-6,10,15,17H2,1-2H3. The van der Waals surface area contributed by atoms with Gasteiger partial charge in [-0.2, -0.15) is 0 Å². The minimum Gasteiger partial charge on any atom is -0.493 e. The van der Waals surface area contributed by atoms with Crippen LogP contribution in [0, 0.1) is 0 Å². The molecule has 0 aromatic heterocycles. The van der Waals surface area contributed by atoms with Gasteiger partial charge in [-0.05, 0) is 31.0 Å². The summed E-state index contributed by atoms with van der Waals surface area (Å²) in [5, 5.41) is 0. The van der Waals surface area contributed by atoms with Gasteiger partial charge in [-0.3, -0.25) is 4.79 Å². The maximum atomic E-state index is 11.8. The second-order valence-electron chi connectivity index (χ2n) is 6.25.